The molecule has 1 saturated heterocycles. The van der Waals surface area contributed by atoms with Crippen LogP contribution in [0.2, 0.25) is 5.02 Å². The molecule has 1 aromatic carbocycles. The summed E-state index contributed by atoms with van der Waals surface area (Å²) < 4.78 is 44.7. The number of carbonyl (C=O) groups excluding carboxylic acids is 1. The van der Waals surface area contributed by atoms with Crippen molar-refractivity contribution in [3.63, 3.8) is 0 Å². The normalized spacial score (nSPS) is 19.4. The molecule has 1 fully saturated rings. The lowest BCUT2D eigenvalue weighted by atomic mass is 10.1. The largest absolute Gasteiger partial charge is 0.373 e. The van der Waals surface area contributed by atoms with Crippen LogP contribution in [0.15, 0.2) is 18.2 Å². The first-order valence-electron chi connectivity index (χ1n) is 6.74. The van der Waals surface area contributed by atoms with Crippen LogP contribution in [0, 0.1) is 5.82 Å². The van der Waals surface area contributed by atoms with Gasteiger partial charge in [0.1, 0.15) is 12.4 Å². The van der Waals surface area contributed by atoms with Gasteiger partial charge in [-0.15, -0.1) is 0 Å². The van der Waals surface area contributed by atoms with Gasteiger partial charge in [-0.1, -0.05) is 17.7 Å². The summed E-state index contributed by atoms with van der Waals surface area (Å²) >= 11 is 5.92. The molecule has 8 heteroatoms. The molecule has 122 valence electrons. The number of amides is 2. The molecule has 4 nitrogen and oxygen atoms in total. The van der Waals surface area contributed by atoms with Gasteiger partial charge in [-0.2, -0.15) is 0 Å². The lowest BCUT2D eigenvalue weighted by Gasteiger charge is -2.26. The van der Waals surface area contributed by atoms with Gasteiger partial charge in [-0.25, -0.2) is 18.0 Å². The molecular weight excluding hydrogens is 321 g/mol. The molecule has 1 aliphatic heterocycles. The quantitative estimate of drug-likeness (QED) is 0.901. The molecule has 1 atom stereocenters. The van der Waals surface area contributed by atoms with Gasteiger partial charge in [-0.05, 0) is 24.6 Å². The average molecular weight is 337 g/mol. The summed E-state index contributed by atoms with van der Waals surface area (Å²) in [6, 6.07) is 2.62. The van der Waals surface area contributed by atoms with Crippen molar-refractivity contribution >= 4 is 17.6 Å². The molecule has 0 spiro atoms. The maximum atomic E-state index is 13.4. The van der Waals surface area contributed by atoms with Crippen molar-refractivity contribution in [1.29, 1.82) is 0 Å². The van der Waals surface area contributed by atoms with Crippen molar-refractivity contribution in [2.75, 3.05) is 26.3 Å². The standard InChI is InChI=1S/C14H16ClF3N2O2/c1-9(11-3-2-10(16)6-12(11)15)19-13(21)20-4-5-22-8-14(17,18)7-20/h2-3,6,9H,4-5,7-8H2,1H3,(H,19,21)/t9-/m1/s1. The molecule has 0 aliphatic carbocycles. The molecule has 0 saturated carbocycles. The van der Waals surface area contributed by atoms with Crippen LogP contribution < -0.4 is 5.32 Å². The Labute approximate surface area is 131 Å². The highest BCUT2D eigenvalue weighted by Gasteiger charge is 2.36. The van der Waals surface area contributed by atoms with Crippen LogP contribution in [0.1, 0.15) is 18.5 Å². The monoisotopic (exact) mass is 336 g/mol. The summed E-state index contributed by atoms with van der Waals surface area (Å²) in [6.07, 6.45) is 0. The van der Waals surface area contributed by atoms with Crippen molar-refractivity contribution in [3.05, 3.63) is 34.6 Å². The minimum atomic E-state index is -3.08. The van der Waals surface area contributed by atoms with E-state index in [4.69, 9.17) is 16.3 Å². The van der Waals surface area contributed by atoms with Crippen LogP contribution >= 0.6 is 11.6 Å². The molecule has 0 radical (unpaired) electrons. The third-order valence-electron chi connectivity index (χ3n) is 3.30. The number of carbonyl (C=O) groups is 1. The van der Waals surface area contributed by atoms with Crippen molar-refractivity contribution in [2.24, 2.45) is 0 Å². The van der Waals surface area contributed by atoms with E-state index in [2.05, 4.69) is 5.32 Å². The average Bonchev–Trinajstić information content (AvgIpc) is 2.59. The Hall–Kier alpha value is -1.47. The second kappa shape index (κ2) is 6.75. The molecule has 0 bridgehead atoms. The van der Waals surface area contributed by atoms with E-state index in [0.29, 0.717) is 5.56 Å². The Morgan fingerprint density at radius 1 is 1.50 bits per heavy atom. The van der Waals surface area contributed by atoms with E-state index in [-0.39, 0.29) is 18.2 Å². The first-order valence-corrected chi connectivity index (χ1v) is 7.12. The molecule has 0 unspecified atom stereocenters. The molecule has 2 amide bonds. The minimum absolute atomic E-state index is 0.0503. The number of alkyl halides is 2. The number of hydrogen-bond acceptors (Lipinski definition) is 2. The maximum Gasteiger partial charge on any atom is 0.318 e. The number of nitrogens with zero attached hydrogens (tertiary/aromatic N) is 1. The van der Waals surface area contributed by atoms with E-state index < -0.39 is 37.0 Å². The number of hydrogen-bond donors (Lipinski definition) is 1. The van der Waals surface area contributed by atoms with Gasteiger partial charge < -0.3 is 15.0 Å². The minimum Gasteiger partial charge on any atom is -0.373 e. The second-order valence-corrected chi connectivity index (χ2v) is 5.57. The Morgan fingerprint density at radius 3 is 2.91 bits per heavy atom. The molecular formula is C14H16ClF3N2O2. The molecule has 1 N–H and O–H groups in total. The van der Waals surface area contributed by atoms with Gasteiger partial charge >= 0.3 is 6.03 Å². The van der Waals surface area contributed by atoms with Gasteiger partial charge in [0.05, 0.1) is 19.2 Å². The molecule has 1 aliphatic rings. The zero-order chi connectivity index (χ0) is 16.3. The molecule has 0 aromatic heterocycles. The highest BCUT2D eigenvalue weighted by molar-refractivity contribution is 6.31. The van der Waals surface area contributed by atoms with E-state index in [0.717, 1.165) is 11.0 Å². The fourth-order valence-electron chi connectivity index (χ4n) is 2.18. The Kier molecular flexibility index (Phi) is 5.18. The first kappa shape index (κ1) is 16.9. The van der Waals surface area contributed by atoms with E-state index in [1.165, 1.54) is 12.1 Å². The van der Waals surface area contributed by atoms with E-state index in [1.54, 1.807) is 6.92 Å². The van der Waals surface area contributed by atoms with Crippen molar-refractivity contribution in [2.45, 2.75) is 18.9 Å². The Balaban J connectivity index is 2.04. The Morgan fingerprint density at radius 2 is 2.23 bits per heavy atom. The van der Waals surface area contributed by atoms with Crippen molar-refractivity contribution < 1.29 is 22.7 Å². The summed E-state index contributed by atoms with van der Waals surface area (Å²) in [5.41, 5.74) is 0.509. The van der Waals surface area contributed by atoms with Crippen LogP contribution in [0.5, 0.6) is 0 Å². The predicted molar refractivity (Wildman–Crippen MR) is 75.7 cm³/mol. The van der Waals surface area contributed by atoms with Crippen molar-refractivity contribution in [1.82, 2.24) is 10.2 Å². The Bertz CT molecular complexity index is 557. The predicted octanol–water partition coefficient (Wildman–Crippen LogP) is 3.22. The summed E-state index contributed by atoms with van der Waals surface area (Å²) in [5.74, 6) is -3.57. The van der Waals surface area contributed by atoms with Crippen LogP contribution in [-0.4, -0.2) is 43.2 Å². The summed E-state index contributed by atoms with van der Waals surface area (Å²) in [5, 5.41) is 2.75. The molecule has 22 heavy (non-hydrogen) atoms. The lowest BCUT2D eigenvalue weighted by Crippen LogP contribution is -2.46. The number of ether oxygens (including phenoxy) is 1. The number of urea groups is 1. The molecule has 2 rings (SSSR count). The molecule has 1 heterocycles. The second-order valence-electron chi connectivity index (χ2n) is 5.17. The number of halogens is 4. The third-order valence-corrected chi connectivity index (χ3v) is 3.62. The molecule has 1 aromatic rings. The highest BCUT2D eigenvalue weighted by Crippen LogP contribution is 2.24. The summed E-state index contributed by atoms with van der Waals surface area (Å²) in [4.78, 5) is 13.1. The van der Waals surface area contributed by atoms with Gasteiger partial charge in [0.25, 0.3) is 5.92 Å². The number of rotatable bonds is 2. The van der Waals surface area contributed by atoms with Crippen LogP contribution in [0.3, 0.4) is 0 Å². The highest BCUT2D eigenvalue weighted by atomic mass is 35.5. The van der Waals surface area contributed by atoms with Gasteiger partial charge in [0, 0.05) is 11.6 Å². The van der Waals surface area contributed by atoms with Crippen LogP contribution in [0.25, 0.3) is 0 Å². The van der Waals surface area contributed by atoms with Crippen molar-refractivity contribution in [3.8, 4) is 0 Å². The van der Waals surface area contributed by atoms with Crippen LogP contribution in [-0.2, 0) is 4.74 Å². The van der Waals surface area contributed by atoms with Gasteiger partial charge in [0.2, 0.25) is 0 Å². The third kappa shape index (κ3) is 4.27. The fraction of sp³-hybridized carbons (Fsp3) is 0.500. The zero-order valence-electron chi connectivity index (χ0n) is 11.9. The smallest absolute Gasteiger partial charge is 0.318 e. The van der Waals surface area contributed by atoms with E-state index in [1.807, 2.05) is 0 Å². The van der Waals surface area contributed by atoms with Gasteiger partial charge in [0.15, 0.2) is 0 Å². The zero-order valence-corrected chi connectivity index (χ0v) is 12.7. The number of benzene rings is 1. The lowest BCUT2D eigenvalue weighted by molar-refractivity contribution is -0.0652. The summed E-state index contributed by atoms with van der Waals surface area (Å²) in [6.45, 7) is 0.363. The number of nitrogens with one attached hydrogen (secondary N) is 1. The maximum absolute atomic E-state index is 13.4. The SMILES string of the molecule is C[C@@H](NC(=O)N1CCOCC(F)(F)C1)c1ccc(F)cc1Cl. The van der Waals surface area contributed by atoms with E-state index in [9.17, 15) is 18.0 Å². The van der Waals surface area contributed by atoms with Crippen LogP contribution in [0.4, 0.5) is 18.0 Å². The first-order chi connectivity index (χ1) is 10.3. The fourth-order valence-corrected chi connectivity index (χ4v) is 2.51. The van der Waals surface area contributed by atoms with Gasteiger partial charge in [-0.3, -0.25) is 0 Å². The van der Waals surface area contributed by atoms with E-state index >= 15 is 0 Å². The summed E-state index contributed by atoms with van der Waals surface area (Å²) in [7, 11) is 0. The topological polar surface area (TPSA) is 41.6 Å².